The predicted molar refractivity (Wildman–Crippen MR) is 115 cm³/mol. The van der Waals surface area contributed by atoms with Crippen LogP contribution in [0, 0.1) is 0 Å². The van der Waals surface area contributed by atoms with Gasteiger partial charge in [-0.1, -0.05) is 25.5 Å². The van der Waals surface area contributed by atoms with Crippen molar-refractivity contribution >= 4 is 15.6 Å². The highest BCUT2D eigenvalue weighted by Gasteiger charge is 2.18. The fourth-order valence-electron chi connectivity index (χ4n) is 3.67. The fourth-order valence-corrected chi connectivity index (χ4v) is 4.75. The highest BCUT2D eigenvalue weighted by atomic mass is 32.2. The van der Waals surface area contributed by atoms with Crippen molar-refractivity contribution in [2.24, 2.45) is 0 Å². The summed E-state index contributed by atoms with van der Waals surface area (Å²) in [5.41, 5.74) is 2.22. The number of ketones is 1. The minimum Gasteiger partial charge on any atom is -0.490 e. The molecule has 0 bridgehead atoms. The first-order valence-electron chi connectivity index (χ1n) is 10.8. The van der Waals surface area contributed by atoms with Crippen LogP contribution in [0.3, 0.4) is 0 Å². The molecule has 1 saturated carbocycles. The fraction of sp³-hybridized carbons (Fsp3) is 0.696. The lowest BCUT2D eigenvalue weighted by molar-refractivity contribution is -0.118. The maximum Gasteiger partial charge on any atom is 0.152 e. The third-order valence-corrected chi connectivity index (χ3v) is 7.90. The van der Waals surface area contributed by atoms with Gasteiger partial charge in [-0.15, -0.1) is 0 Å². The highest BCUT2D eigenvalue weighted by molar-refractivity contribution is 7.91. The molecule has 0 radical (unpaired) electrons. The van der Waals surface area contributed by atoms with Gasteiger partial charge in [0.1, 0.15) is 11.5 Å². The van der Waals surface area contributed by atoms with Crippen LogP contribution in [0.2, 0.25) is 0 Å². The van der Waals surface area contributed by atoms with Crippen molar-refractivity contribution in [1.29, 1.82) is 0 Å². The van der Waals surface area contributed by atoms with E-state index in [9.17, 15) is 13.2 Å². The summed E-state index contributed by atoms with van der Waals surface area (Å²) in [5, 5.41) is -0.317. The Hall–Kier alpha value is -1.36. The number of carbonyl (C=O) groups is 1. The van der Waals surface area contributed by atoms with E-state index in [4.69, 9.17) is 4.74 Å². The molecule has 0 N–H and O–H groups in total. The van der Waals surface area contributed by atoms with Gasteiger partial charge in [0, 0.05) is 12.8 Å². The molecule has 0 spiro atoms. The molecule has 0 saturated heterocycles. The van der Waals surface area contributed by atoms with Gasteiger partial charge in [-0.3, -0.25) is 4.79 Å². The Bertz CT molecular complexity index is 731. The van der Waals surface area contributed by atoms with Gasteiger partial charge in [-0.25, -0.2) is 8.42 Å². The Morgan fingerprint density at radius 1 is 1.14 bits per heavy atom. The lowest BCUT2D eigenvalue weighted by atomic mass is 10.0. The van der Waals surface area contributed by atoms with Crippen LogP contribution in [0.15, 0.2) is 18.2 Å². The first-order valence-corrected chi connectivity index (χ1v) is 12.5. The molecule has 1 aliphatic rings. The summed E-state index contributed by atoms with van der Waals surface area (Å²) in [6.45, 7) is 5.55. The number of rotatable bonds is 12. The lowest BCUT2D eigenvalue weighted by Crippen LogP contribution is -2.17. The van der Waals surface area contributed by atoms with Crippen molar-refractivity contribution in [2.75, 3.05) is 5.75 Å². The quantitative estimate of drug-likeness (QED) is 0.453. The molecular weight excluding hydrogens is 372 g/mol. The van der Waals surface area contributed by atoms with Crippen LogP contribution in [0.25, 0.3) is 0 Å². The molecule has 5 heteroatoms. The normalized spacial score (nSPS) is 15.3. The summed E-state index contributed by atoms with van der Waals surface area (Å²) in [6.07, 6.45) is 9.17. The van der Waals surface area contributed by atoms with E-state index in [0.29, 0.717) is 25.4 Å². The zero-order valence-electron chi connectivity index (χ0n) is 17.7. The molecule has 4 nitrogen and oxygen atoms in total. The summed E-state index contributed by atoms with van der Waals surface area (Å²) in [4.78, 5) is 12.3. The Balaban J connectivity index is 1.76. The van der Waals surface area contributed by atoms with E-state index in [2.05, 4.69) is 13.0 Å². The molecule has 0 aromatic heterocycles. The molecule has 158 valence electrons. The summed E-state index contributed by atoms with van der Waals surface area (Å²) in [5.74, 6) is 1.41. The van der Waals surface area contributed by atoms with Crippen LogP contribution in [0.1, 0.15) is 83.3 Å². The number of unbranched alkanes of at least 4 members (excludes halogenated alkanes) is 2. The molecule has 0 unspecified atom stereocenters. The van der Waals surface area contributed by atoms with Gasteiger partial charge >= 0.3 is 0 Å². The van der Waals surface area contributed by atoms with Gasteiger partial charge in [-0.05, 0) is 76.0 Å². The van der Waals surface area contributed by atoms with Gasteiger partial charge in [-0.2, -0.15) is 0 Å². The van der Waals surface area contributed by atoms with E-state index in [1.165, 1.54) is 18.4 Å². The van der Waals surface area contributed by atoms with Crippen molar-refractivity contribution in [2.45, 2.75) is 96.3 Å². The van der Waals surface area contributed by atoms with Crippen molar-refractivity contribution in [3.05, 3.63) is 29.3 Å². The standard InChI is InChI=1S/C23H36O4S/c1-4-20-16-19(13-14-23(20)27-22-11-7-8-12-22)17-21(24)10-6-5-9-15-28(25,26)18(2)3/h13-14,16,18,22H,4-12,15,17H2,1-3H3. The molecule has 1 aromatic rings. The van der Waals surface area contributed by atoms with Crippen LogP contribution in [0.5, 0.6) is 5.75 Å². The largest absolute Gasteiger partial charge is 0.490 e. The van der Waals surface area contributed by atoms with Crippen LogP contribution >= 0.6 is 0 Å². The maximum absolute atomic E-state index is 12.3. The number of aryl methyl sites for hydroxylation is 1. The molecule has 0 aliphatic heterocycles. The molecule has 0 atom stereocenters. The average molecular weight is 409 g/mol. The number of carbonyl (C=O) groups excluding carboxylic acids is 1. The summed E-state index contributed by atoms with van der Waals surface area (Å²) >= 11 is 0. The van der Waals surface area contributed by atoms with Gasteiger partial charge in [0.25, 0.3) is 0 Å². The SMILES string of the molecule is CCc1cc(CC(=O)CCCCCS(=O)(=O)C(C)C)ccc1OC1CCCC1. The smallest absolute Gasteiger partial charge is 0.152 e. The molecular formula is C23H36O4S. The molecule has 1 aromatic carbocycles. The third-order valence-electron chi connectivity index (χ3n) is 5.61. The second-order valence-electron chi connectivity index (χ2n) is 8.26. The number of Topliss-reactive ketones (excluding diaryl/α,β-unsaturated/α-hetero) is 1. The summed E-state index contributed by atoms with van der Waals surface area (Å²) in [7, 11) is -2.96. The first-order chi connectivity index (χ1) is 13.3. The van der Waals surface area contributed by atoms with Crippen molar-refractivity contribution in [3.63, 3.8) is 0 Å². The summed E-state index contributed by atoms with van der Waals surface area (Å²) < 4.78 is 29.7. The van der Waals surface area contributed by atoms with E-state index in [1.807, 2.05) is 12.1 Å². The second kappa shape index (κ2) is 11.0. The zero-order chi connectivity index (χ0) is 20.6. The molecule has 1 aliphatic carbocycles. The van der Waals surface area contributed by atoms with E-state index in [1.54, 1.807) is 13.8 Å². The average Bonchev–Trinajstić information content (AvgIpc) is 3.15. The van der Waals surface area contributed by atoms with E-state index < -0.39 is 9.84 Å². The van der Waals surface area contributed by atoms with Crippen molar-refractivity contribution in [1.82, 2.24) is 0 Å². The molecule has 28 heavy (non-hydrogen) atoms. The Kier molecular flexibility index (Phi) is 9.00. The Labute approximate surface area is 171 Å². The number of hydrogen-bond acceptors (Lipinski definition) is 4. The number of benzene rings is 1. The van der Waals surface area contributed by atoms with Gasteiger partial charge in [0.15, 0.2) is 9.84 Å². The molecule has 2 rings (SSSR count). The predicted octanol–water partition coefficient (Wildman–Crippen LogP) is 5.07. The highest BCUT2D eigenvalue weighted by Crippen LogP contribution is 2.28. The van der Waals surface area contributed by atoms with Crippen LogP contribution in [-0.4, -0.2) is 31.3 Å². The molecule has 0 amide bonds. The number of ether oxygens (including phenoxy) is 1. The minimum absolute atomic E-state index is 0.221. The lowest BCUT2D eigenvalue weighted by Gasteiger charge is -2.17. The number of hydrogen-bond donors (Lipinski definition) is 0. The van der Waals surface area contributed by atoms with Crippen LogP contribution in [0.4, 0.5) is 0 Å². The molecule has 1 fully saturated rings. The topological polar surface area (TPSA) is 60.4 Å². The first kappa shape index (κ1) is 22.9. The minimum atomic E-state index is -2.96. The summed E-state index contributed by atoms with van der Waals surface area (Å²) in [6, 6.07) is 6.14. The monoisotopic (exact) mass is 408 g/mol. The van der Waals surface area contributed by atoms with E-state index in [0.717, 1.165) is 43.4 Å². The Morgan fingerprint density at radius 3 is 2.50 bits per heavy atom. The van der Waals surface area contributed by atoms with E-state index in [-0.39, 0.29) is 16.8 Å². The van der Waals surface area contributed by atoms with Crippen LogP contribution in [-0.2, 0) is 27.5 Å². The zero-order valence-corrected chi connectivity index (χ0v) is 18.5. The van der Waals surface area contributed by atoms with E-state index >= 15 is 0 Å². The second-order valence-corrected chi connectivity index (χ2v) is 10.9. The van der Waals surface area contributed by atoms with Gasteiger partial charge in [0.2, 0.25) is 0 Å². The number of sulfone groups is 1. The van der Waals surface area contributed by atoms with Gasteiger partial charge < -0.3 is 4.74 Å². The van der Waals surface area contributed by atoms with Crippen molar-refractivity contribution < 1.29 is 17.9 Å². The van der Waals surface area contributed by atoms with Crippen LogP contribution < -0.4 is 4.74 Å². The molecule has 0 heterocycles. The Morgan fingerprint density at radius 2 is 1.86 bits per heavy atom. The van der Waals surface area contributed by atoms with Gasteiger partial charge in [0.05, 0.1) is 17.1 Å². The van der Waals surface area contributed by atoms with Crippen molar-refractivity contribution in [3.8, 4) is 5.75 Å². The third kappa shape index (κ3) is 7.23. The maximum atomic E-state index is 12.3.